The fourth-order valence-electron chi connectivity index (χ4n) is 6.64. The number of nitrogens with zero attached hydrogens (tertiary/aromatic N) is 1. The van der Waals surface area contributed by atoms with Gasteiger partial charge < -0.3 is 4.57 Å². The van der Waals surface area contributed by atoms with Gasteiger partial charge in [-0.3, -0.25) is 0 Å². The number of benzene rings is 7. The second-order valence-corrected chi connectivity index (χ2v) is 11.6. The number of para-hydroxylation sites is 1. The van der Waals surface area contributed by atoms with Gasteiger partial charge in [0, 0.05) is 31.9 Å². The maximum absolute atomic E-state index is 2.49. The van der Waals surface area contributed by atoms with Crippen LogP contribution in [0.2, 0.25) is 0 Å². The molecule has 2 heteroatoms. The molecular weight excluding hydrogens is 502 g/mol. The van der Waals surface area contributed by atoms with Gasteiger partial charge in [-0.25, -0.2) is 0 Å². The first kappa shape index (κ1) is 22.0. The summed E-state index contributed by atoms with van der Waals surface area (Å²) in [6, 6.07) is 50.9. The van der Waals surface area contributed by atoms with Gasteiger partial charge in [-0.05, 0) is 56.9 Å². The molecule has 0 saturated carbocycles. The predicted octanol–water partition coefficient (Wildman–Crippen LogP) is 11.1. The monoisotopic (exact) mass is 525 g/mol. The Kier molecular flexibility index (Phi) is 4.55. The number of fused-ring (bicyclic) bond motifs is 12. The van der Waals surface area contributed by atoms with E-state index in [4.69, 9.17) is 0 Å². The summed E-state index contributed by atoms with van der Waals surface area (Å²) in [5.41, 5.74) is 6.19. The second kappa shape index (κ2) is 8.29. The normalized spacial score (nSPS) is 12.0. The van der Waals surface area contributed by atoms with Gasteiger partial charge in [-0.1, -0.05) is 115 Å². The van der Waals surface area contributed by atoms with E-state index in [1.165, 1.54) is 80.3 Å². The quantitative estimate of drug-likeness (QED) is 0.198. The molecule has 0 fully saturated rings. The Morgan fingerprint density at radius 1 is 0.425 bits per heavy atom. The molecule has 0 spiro atoms. The lowest BCUT2D eigenvalue weighted by Crippen LogP contribution is -1.94. The lowest BCUT2D eigenvalue weighted by atomic mass is 9.94. The average Bonchev–Trinajstić information content (AvgIpc) is 3.58. The van der Waals surface area contributed by atoms with Crippen molar-refractivity contribution in [3.63, 3.8) is 0 Å². The minimum absolute atomic E-state index is 1.18. The summed E-state index contributed by atoms with van der Waals surface area (Å²) in [7, 11) is 0. The Morgan fingerprint density at radius 3 is 1.95 bits per heavy atom. The van der Waals surface area contributed by atoms with Crippen LogP contribution in [0.25, 0.3) is 80.3 Å². The Balaban J connectivity index is 1.50. The predicted molar refractivity (Wildman–Crippen MR) is 174 cm³/mol. The molecule has 0 aliphatic carbocycles. The molecular formula is C38H23NS. The van der Waals surface area contributed by atoms with Gasteiger partial charge >= 0.3 is 0 Å². The van der Waals surface area contributed by atoms with E-state index in [0.29, 0.717) is 0 Å². The molecule has 0 bridgehead atoms. The highest BCUT2D eigenvalue weighted by Gasteiger charge is 2.22. The maximum Gasteiger partial charge on any atom is 0.0726 e. The molecule has 0 saturated heterocycles. The number of aromatic nitrogens is 1. The van der Waals surface area contributed by atoms with Gasteiger partial charge in [0.25, 0.3) is 0 Å². The molecule has 0 aliphatic rings. The molecule has 186 valence electrons. The molecule has 40 heavy (non-hydrogen) atoms. The van der Waals surface area contributed by atoms with Crippen molar-refractivity contribution in [3.05, 3.63) is 140 Å². The number of rotatable bonds is 2. The molecule has 2 heterocycles. The summed E-state index contributed by atoms with van der Waals surface area (Å²) >= 11 is 1.92. The topological polar surface area (TPSA) is 4.93 Å². The zero-order valence-electron chi connectivity index (χ0n) is 21.6. The first-order chi connectivity index (χ1) is 19.9. The van der Waals surface area contributed by atoms with Crippen molar-refractivity contribution in [2.24, 2.45) is 0 Å². The molecule has 0 N–H and O–H groups in total. The third kappa shape index (κ3) is 2.97. The molecule has 0 unspecified atom stereocenters. The number of thiophene rings is 1. The standard InChI is InChI=1S/C38H23NS/c1-2-10-24(11-3-1)25-18-21-27(22-19-25)39-32-16-8-6-14-29(32)35-31-23-20-26-12-4-5-13-28(26)34(31)36-30-15-7-9-17-33(30)40-38(36)37(35)39/h1-23H. The lowest BCUT2D eigenvalue weighted by Gasteiger charge is -2.12. The fraction of sp³-hybridized carbons (Fsp3) is 0. The van der Waals surface area contributed by atoms with Crippen LogP contribution in [0.4, 0.5) is 0 Å². The minimum Gasteiger partial charge on any atom is -0.308 e. The van der Waals surface area contributed by atoms with Crippen molar-refractivity contribution < 1.29 is 0 Å². The van der Waals surface area contributed by atoms with Gasteiger partial charge in [-0.15, -0.1) is 11.3 Å². The van der Waals surface area contributed by atoms with Gasteiger partial charge in [0.15, 0.2) is 0 Å². The summed E-state index contributed by atoms with van der Waals surface area (Å²) in [5.74, 6) is 0. The lowest BCUT2D eigenvalue weighted by molar-refractivity contribution is 1.19. The van der Waals surface area contributed by atoms with Crippen molar-refractivity contribution in [3.8, 4) is 16.8 Å². The zero-order chi connectivity index (χ0) is 26.2. The first-order valence-corrected chi connectivity index (χ1v) is 14.5. The SMILES string of the molecule is c1ccc(-c2ccc(-n3c4ccccc4c4c5ccc6ccccc6c5c5c6ccccc6sc5c43)cc2)cc1. The highest BCUT2D eigenvalue weighted by molar-refractivity contribution is 7.27. The van der Waals surface area contributed by atoms with Crippen LogP contribution in [0, 0.1) is 0 Å². The summed E-state index contributed by atoms with van der Waals surface area (Å²) in [6.07, 6.45) is 0. The summed E-state index contributed by atoms with van der Waals surface area (Å²) < 4.78 is 5.17. The molecule has 0 aliphatic heterocycles. The van der Waals surface area contributed by atoms with Crippen LogP contribution >= 0.6 is 11.3 Å². The smallest absolute Gasteiger partial charge is 0.0726 e. The second-order valence-electron chi connectivity index (χ2n) is 10.5. The Bertz CT molecular complexity index is 2410. The Labute approximate surface area is 235 Å². The third-order valence-corrected chi connectivity index (χ3v) is 9.54. The largest absolute Gasteiger partial charge is 0.308 e. The molecule has 2 aromatic heterocycles. The van der Waals surface area contributed by atoms with Crippen LogP contribution in [0.1, 0.15) is 0 Å². The van der Waals surface area contributed by atoms with Crippen LogP contribution in [-0.2, 0) is 0 Å². The highest BCUT2D eigenvalue weighted by Crippen LogP contribution is 2.49. The van der Waals surface area contributed by atoms with Crippen molar-refractivity contribution in [1.82, 2.24) is 4.57 Å². The van der Waals surface area contributed by atoms with Gasteiger partial charge in [0.05, 0.1) is 15.7 Å². The van der Waals surface area contributed by atoms with E-state index in [2.05, 4.69) is 144 Å². The molecule has 1 nitrogen and oxygen atoms in total. The average molecular weight is 526 g/mol. The van der Waals surface area contributed by atoms with Crippen LogP contribution in [0.5, 0.6) is 0 Å². The number of hydrogen-bond acceptors (Lipinski definition) is 1. The van der Waals surface area contributed by atoms with E-state index < -0.39 is 0 Å². The van der Waals surface area contributed by atoms with E-state index in [0.717, 1.165) is 0 Å². The van der Waals surface area contributed by atoms with E-state index in [9.17, 15) is 0 Å². The Hall–Kier alpha value is -4.92. The van der Waals surface area contributed by atoms with Gasteiger partial charge in [0.2, 0.25) is 0 Å². The van der Waals surface area contributed by atoms with Gasteiger partial charge in [-0.2, -0.15) is 0 Å². The molecule has 0 atom stereocenters. The van der Waals surface area contributed by atoms with E-state index in [1.807, 2.05) is 11.3 Å². The summed E-state index contributed by atoms with van der Waals surface area (Å²) in [4.78, 5) is 0. The van der Waals surface area contributed by atoms with Crippen LogP contribution in [0.15, 0.2) is 140 Å². The van der Waals surface area contributed by atoms with Crippen molar-refractivity contribution in [2.45, 2.75) is 0 Å². The summed E-state index contributed by atoms with van der Waals surface area (Å²) in [6.45, 7) is 0. The van der Waals surface area contributed by atoms with Crippen LogP contribution in [0.3, 0.4) is 0 Å². The van der Waals surface area contributed by atoms with Crippen molar-refractivity contribution in [2.75, 3.05) is 0 Å². The zero-order valence-corrected chi connectivity index (χ0v) is 22.5. The molecule has 0 radical (unpaired) electrons. The molecule has 9 rings (SSSR count). The van der Waals surface area contributed by atoms with Crippen molar-refractivity contribution >= 4 is 74.9 Å². The molecule has 0 amide bonds. The van der Waals surface area contributed by atoms with E-state index in [-0.39, 0.29) is 0 Å². The molecule has 7 aromatic carbocycles. The third-order valence-electron chi connectivity index (χ3n) is 8.37. The highest BCUT2D eigenvalue weighted by atomic mass is 32.1. The summed E-state index contributed by atoms with van der Waals surface area (Å²) in [5, 5.41) is 10.6. The Morgan fingerprint density at radius 2 is 1.10 bits per heavy atom. The first-order valence-electron chi connectivity index (χ1n) is 13.7. The maximum atomic E-state index is 2.49. The number of hydrogen-bond donors (Lipinski definition) is 0. The van der Waals surface area contributed by atoms with E-state index >= 15 is 0 Å². The van der Waals surface area contributed by atoms with E-state index in [1.54, 1.807) is 0 Å². The van der Waals surface area contributed by atoms with Crippen LogP contribution in [-0.4, -0.2) is 4.57 Å². The van der Waals surface area contributed by atoms with Gasteiger partial charge in [0.1, 0.15) is 0 Å². The van der Waals surface area contributed by atoms with Crippen LogP contribution < -0.4 is 0 Å². The minimum atomic E-state index is 1.18. The van der Waals surface area contributed by atoms with Crippen molar-refractivity contribution in [1.29, 1.82) is 0 Å². The molecule has 9 aromatic rings. The fourth-order valence-corrected chi connectivity index (χ4v) is 7.89.